The average Bonchev–Trinajstić information content (AvgIpc) is 2.93. The molecule has 0 atom stereocenters. The van der Waals surface area contributed by atoms with E-state index >= 15 is 0 Å². The van der Waals surface area contributed by atoms with Crippen LogP contribution < -0.4 is 9.46 Å². The van der Waals surface area contributed by atoms with Gasteiger partial charge < -0.3 is 14.5 Å². The van der Waals surface area contributed by atoms with Crippen LogP contribution in [0.4, 0.5) is 16.2 Å². The molecule has 3 aromatic carbocycles. The summed E-state index contributed by atoms with van der Waals surface area (Å²) < 4.78 is 34.0. The molecule has 0 saturated carbocycles. The summed E-state index contributed by atoms with van der Waals surface area (Å²) in [6, 6.07) is 17.6. The zero-order valence-electron chi connectivity index (χ0n) is 21.2. The molecular weight excluding hydrogens is 540 g/mol. The van der Waals surface area contributed by atoms with Crippen LogP contribution in [0.3, 0.4) is 0 Å². The number of hydrogen-bond acceptors (Lipinski definition) is 6. The highest BCUT2D eigenvalue weighted by molar-refractivity contribution is 7.92. The third-order valence-electron chi connectivity index (χ3n) is 6.03. The minimum atomic E-state index is -3.96. The maximum absolute atomic E-state index is 13.1. The number of ether oxygens (including phenoxy) is 1. The standard InChI is InChI=1S/C28H27ClN4O5S/c1-3-6-20-7-4-10-25(26(20)30-2)39(36,37)31-23-13-11-21(12-14-23)27(34)32-15-17-33(18-16-32)28(35)38-24-9-5-8-22(29)19-24/h3-14,19,31H,2,15-18H2,1H3/b6-3-. The van der Waals surface area contributed by atoms with Gasteiger partial charge in [-0.15, -0.1) is 0 Å². The summed E-state index contributed by atoms with van der Waals surface area (Å²) in [5.74, 6) is 0.133. The van der Waals surface area contributed by atoms with Gasteiger partial charge in [0, 0.05) is 48.0 Å². The first kappa shape index (κ1) is 27.9. The number of aliphatic imine (C=N–C) groups is 1. The van der Waals surface area contributed by atoms with Crippen molar-refractivity contribution in [3.63, 3.8) is 0 Å². The quantitative estimate of drug-likeness (QED) is 0.382. The van der Waals surface area contributed by atoms with Gasteiger partial charge in [-0.3, -0.25) is 14.5 Å². The number of sulfonamides is 1. The Morgan fingerprint density at radius 3 is 2.31 bits per heavy atom. The molecule has 0 bridgehead atoms. The molecule has 202 valence electrons. The smallest absolute Gasteiger partial charge is 0.410 e. The fourth-order valence-electron chi connectivity index (χ4n) is 4.10. The minimum Gasteiger partial charge on any atom is -0.410 e. The first-order valence-electron chi connectivity index (χ1n) is 12.1. The molecule has 2 amide bonds. The Bertz CT molecular complexity index is 1520. The van der Waals surface area contributed by atoms with Gasteiger partial charge in [-0.1, -0.05) is 42.0 Å². The number of para-hydroxylation sites is 1. The molecule has 39 heavy (non-hydrogen) atoms. The predicted molar refractivity (Wildman–Crippen MR) is 153 cm³/mol. The highest BCUT2D eigenvalue weighted by Crippen LogP contribution is 2.30. The van der Waals surface area contributed by atoms with Crippen LogP contribution in [-0.4, -0.2) is 63.1 Å². The van der Waals surface area contributed by atoms with Crippen LogP contribution in [-0.2, 0) is 10.0 Å². The number of amides is 2. The van der Waals surface area contributed by atoms with Crippen molar-refractivity contribution in [2.45, 2.75) is 11.8 Å². The van der Waals surface area contributed by atoms with Crippen molar-refractivity contribution in [3.05, 3.63) is 89.0 Å². The second-order valence-corrected chi connectivity index (χ2v) is 10.7. The SMILES string of the molecule is C=Nc1c(/C=C\C)cccc1S(=O)(=O)Nc1ccc(C(=O)N2CCN(C(=O)Oc3cccc(Cl)c3)CC2)cc1. The Morgan fingerprint density at radius 2 is 1.67 bits per heavy atom. The molecule has 1 saturated heterocycles. The predicted octanol–water partition coefficient (Wildman–Crippen LogP) is 5.46. The monoisotopic (exact) mass is 566 g/mol. The number of nitrogens with one attached hydrogen (secondary N) is 1. The number of anilines is 1. The molecule has 0 unspecified atom stereocenters. The summed E-state index contributed by atoms with van der Waals surface area (Å²) in [4.78, 5) is 32.6. The van der Waals surface area contributed by atoms with Crippen molar-refractivity contribution in [2.24, 2.45) is 4.99 Å². The summed E-state index contributed by atoms with van der Waals surface area (Å²) in [7, 11) is -3.96. The Balaban J connectivity index is 1.37. The number of carbonyl (C=O) groups is 2. The van der Waals surface area contributed by atoms with Crippen molar-refractivity contribution in [2.75, 3.05) is 30.9 Å². The zero-order valence-corrected chi connectivity index (χ0v) is 22.8. The van der Waals surface area contributed by atoms with E-state index in [2.05, 4.69) is 16.4 Å². The molecule has 0 radical (unpaired) electrons. The van der Waals surface area contributed by atoms with Crippen molar-refractivity contribution in [1.29, 1.82) is 0 Å². The van der Waals surface area contributed by atoms with E-state index in [9.17, 15) is 18.0 Å². The molecule has 9 nitrogen and oxygen atoms in total. The number of hydrogen-bond donors (Lipinski definition) is 1. The fourth-order valence-corrected chi connectivity index (χ4v) is 5.53. The van der Waals surface area contributed by atoms with E-state index in [1.165, 1.54) is 23.1 Å². The molecule has 1 fully saturated rings. The maximum Gasteiger partial charge on any atom is 0.415 e. The summed E-state index contributed by atoms with van der Waals surface area (Å²) in [5.41, 5.74) is 1.59. The lowest BCUT2D eigenvalue weighted by atomic mass is 10.1. The molecule has 4 rings (SSSR count). The van der Waals surface area contributed by atoms with E-state index in [-0.39, 0.29) is 16.5 Å². The molecule has 1 aliphatic heterocycles. The van der Waals surface area contributed by atoms with E-state index in [0.717, 1.165) is 0 Å². The second kappa shape index (κ2) is 12.1. The highest BCUT2D eigenvalue weighted by atomic mass is 35.5. The summed E-state index contributed by atoms with van der Waals surface area (Å²) in [5, 5.41) is 0.464. The second-order valence-electron chi connectivity index (χ2n) is 8.64. The first-order valence-corrected chi connectivity index (χ1v) is 13.9. The Kier molecular flexibility index (Phi) is 8.68. The van der Waals surface area contributed by atoms with Crippen LogP contribution in [0.25, 0.3) is 6.08 Å². The number of allylic oxidation sites excluding steroid dienone is 1. The van der Waals surface area contributed by atoms with Crippen molar-refractivity contribution < 1.29 is 22.7 Å². The largest absolute Gasteiger partial charge is 0.415 e. The van der Waals surface area contributed by atoms with Gasteiger partial charge >= 0.3 is 6.09 Å². The van der Waals surface area contributed by atoms with Gasteiger partial charge in [0.05, 0.1) is 5.69 Å². The molecule has 1 aliphatic rings. The van der Waals surface area contributed by atoms with Gasteiger partial charge in [-0.05, 0) is 62.2 Å². The molecule has 0 aromatic heterocycles. The molecule has 1 N–H and O–H groups in total. The van der Waals surface area contributed by atoms with Crippen LogP contribution >= 0.6 is 11.6 Å². The number of carbonyl (C=O) groups excluding carboxylic acids is 2. The molecule has 0 spiro atoms. The van der Waals surface area contributed by atoms with Gasteiger partial charge in [-0.2, -0.15) is 0 Å². The minimum absolute atomic E-state index is 0.0000115. The lowest BCUT2D eigenvalue weighted by Crippen LogP contribution is -2.51. The van der Waals surface area contributed by atoms with Crippen molar-refractivity contribution >= 4 is 57.8 Å². The van der Waals surface area contributed by atoms with Crippen LogP contribution in [0.15, 0.2) is 82.7 Å². The molecular formula is C28H27ClN4O5S. The lowest BCUT2D eigenvalue weighted by Gasteiger charge is -2.34. The molecule has 3 aromatic rings. The third kappa shape index (κ3) is 6.65. The van der Waals surface area contributed by atoms with Gasteiger partial charge in [-0.25, -0.2) is 13.2 Å². The van der Waals surface area contributed by atoms with Crippen molar-refractivity contribution in [3.8, 4) is 5.75 Å². The normalized spacial score (nSPS) is 13.8. The number of benzene rings is 3. The molecule has 11 heteroatoms. The first-order chi connectivity index (χ1) is 18.7. The summed E-state index contributed by atoms with van der Waals surface area (Å²) >= 11 is 5.93. The zero-order chi connectivity index (χ0) is 28.0. The fraction of sp³-hybridized carbons (Fsp3) is 0.179. The topological polar surface area (TPSA) is 108 Å². The lowest BCUT2D eigenvalue weighted by molar-refractivity contribution is 0.0633. The average molecular weight is 567 g/mol. The Morgan fingerprint density at radius 1 is 1.00 bits per heavy atom. The van der Waals surface area contributed by atoms with Crippen LogP contribution in [0, 0.1) is 0 Å². The van der Waals surface area contributed by atoms with Crippen LogP contribution in [0.5, 0.6) is 5.75 Å². The Labute approximate surface area is 232 Å². The van der Waals surface area contributed by atoms with E-state index in [1.807, 2.05) is 6.92 Å². The summed E-state index contributed by atoms with van der Waals surface area (Å²) in [6.07, 6.45) is 3.04. The van der Waals surface area contributed by atoms with Gasteiger partial charge in [0.15, 0.2) is 0 Å². The molecule has 0 aliphatic carbocycles. The van der Waals surface area contributed by atoms with E-state index in [4.69, 9.17) is 16.3 Å². The summed E-state index contributed by atoms with van der Waals surface area (Å²) in [6.45, 7) is 6.63. The molecule has 1 heterocycles. The maximum atomic E-state index is 13.1. The van der Waals surface area contributed by atoms with Gasteiger partial charge in [0.2, 0.25) is 0 Å². The van der Waals surface area contributed by atoms with E-state index in [1.54, 1.807) is 65.6 Å². The van der Waals surface area contributed by atoms with Crippen LogP contribution in [0.2, 0.25) is 5.02 Å². The van der Waals surface area contributed by atoms with E-state index in [0.29, 0.717) is 53.8 Å². The van der Waals surface area contributed by atoms with E-state index < -0.39 is 16.1 Å². The van der Waals surface area contributed by atoms with Crippen molar-refractivity contribution in [1.82, 2.24) is 9.80 Å². The number of rotatable bonds is 7. The third-order valence-corrected chi connectivity index (χ3v) is 7.68. The highest BCUT2D eigenvalue weighted by Gasteiger charge is 2.26. The Hall–Kier alpha value is -4.15. The number of piperazine rings is 1. The number of halogens is 1. The van der Waals surface area contributed by atoms with Gasteiger partial charge in [0.25, 0.3) is 15.9 Å². The van der Waals surface area contributed by atoms with Crippen LogP contribution in [0.1, 0.15) is 22.8 Å². The number of nitrogens with zero attached hydrogens (tertiary/aromatic N) is 3. The van der Waals surface area contributed by atoms with Gasteiger partial charge in [0.1, 0.15) is 10.6 Å².